The fourth-order valence-corrected chi connectivity index (χ4v) is 6.46. The first-order valence-corrected chi connectivity index (χ1v) is 19.3. The van der Waals surface area contributed by atoms with Crippen LogP contribution in [0, 0.1) is 0 Å². The average molecular weight is 818 g/mol. The predicted molar refractivity (Wildman–Crippen MR) is 193 cm³/mol. The molecule has 19 nitrogen and oxygen atoms in total. The van der Waals surface area contributed by atoms with Gasteiger partial charge in [-0.1, -0.05) is 58.3 Å². The molecule has 0 bridgehead atoms. The molecule has 0 aromatic heterocycles. The van der Waals surface area contributed by atoms with Gasteiger partial charge in [0.1, 0.15) is 31.5 Å². The number of ether oxygens (including phenoxy) is 10. The Bertz CT molecular complexity index is 1370. The van der Waals surface area contributed by atoms with E-state index in [-0.39, 0.29) is 6.42 Å². The van der Waals surface area contributed by atoms with Gasteiger partial charge in [-0.15, -0.1) is 0 Å². The Balaban J connectivity index is 2.53. The van der Waals surface area contributed by atoms with Crippen molar-refractivity contribution in [3.05, 3.63) is 0 Å². The molecular weight excluding hydrogens is 758 g/mol. The van der Waals surface area contributed by atoms with Crippen LogP contribution in [-0.2, 0) is 85.7 Å². The Morgan fingerprint density at radius 2 is 0.860 bits per heavy atom. The van der Waals surface area contributed by atoms with E-state index in [0.29, 0.717) is 6.42 Å². The first-order valence-electron chi connectivity index (χ1n) is 19.3. The van der Waals surface area contributed by atoms with Crippen molar-refractivity contribution in [2.45, 2.75) is 181 Å². The van der Waals surface area contributed by atoms with Crippen molar-refractivity contribution in [2.24, 2.45) is 0 Å². The summed E-state index contributed by atoms with van der Waals surface area (Å²) in [5.41, 5.74) is 0. The lowest BCUT2D eigenvalue weighted by molar-refractivity contribution is -0.345. The van der Waals surface area contributed by atoms with Crippen molar-refractivity contribution in [1.82, 2.24) is 5.32 Å². The molecule has 0 aromatic carbocycles. The molecular formula is C38H59NO18. The van der Waals surface area contributed by atoms with Gasteiger partial charge in [-0.05, 0) is 6.42 Å². The third kappa shape index (κ3) is 17.8. The molecule has 2 fully saturated rings. The van der Waals surface area contributed by atoms with Gasteiger partial charge in [0, 0.05) is 54.9 Å². The largest absolute Gasteiger partial charge is 0.463 e. The van der Waals surface area contributed by atoms with Crippen LogP contribution in [0.25, 0.3) is 0 Å². The molecule has 0 aromatic rings. The highest BCUT2D eigenvalue weighted by molar-refractivity contribution is 5.76. The molecule has 0 radical (unpaired) electrons. The summed E-state index contributed by atoms with van der Waals surface area (Å²) >= 11 is 0. The van der Waals surface area contributed by atoms with Gasteiger partial charge in [-0.25, -0.2) is 0 Å². The van der Waals surface area contributed by atoms with Crippen LogP contribution in [0.5, 0.6) is 0 Å². The molecule has 10 atom stereocenters. The third-order valence-electron chi connectivity index (χ3n) is 8.74. The van der Waals surface area contributed by atoms with Crippen LogP contribution in [0.1, 0.15) is 120 Å². The van der Waals surface area contributed by atoms with Crippen molar-refractivity contribution in [3.63, 3.8) is 0 Å². The van der Waals surface area contributed by atoms with Crippen molar-refractivity contribution in [3.8, 4) is 0 Å². The van der Waals surface area contributed by atoms with Gasteiger partial charge in [0.15, 0.2) is 43.0 Å². The van der Waals surface area contributed by atoms with Crippen molar-refractivity contribution in [2.75, 3.05) is 13.2 Å². The molecule has 2 rings (SSSR count). The van der Waals surface area contributed by atoms with E-state index in [2.05, 4.69) is 12.2 Å². The molecule has 2 aliphatic rings. The maximum atomic E-state index is 13.2. The molecule has 1 N–H and O–H groups in total. The maximum absolute atomic E-state index is 13.2. The Kier molecular flexibility index (Phi) is 21.5. The normalized spacial score (nSPS) is 26.9. The van der Waals surface area contributed by atoms with Gasteiger partial charge in [-0.3, -0.25) is 38.4 Å². The Labute approximate surface area is 332 Å². The second-order valence-corrected chi connectivity index (χ2v) is 13.9. The van der Waals surface area contributed by atoms with Crippen LogP contribution in [0.15, 0.2) is 0 Å². The minimum atomic E-state index is -1.81. The summed E-state index contributed by atoms with van der Waals surface area (Å²) in [6.07, 6.45) is -6.42. The van der Waals surface area contributed by atoms with Gasteiger partial charge >= 0.3 is 41.8 Å². The third-order valence-corrected chi connectivity index (χ3v) is 8.74. The lowest BCUT2D eigenvalue weighted by Crippen LogP contribution is -2.68. The SMILES string of the molecule is CCCCCCCCCCCC(=O)NC1O[C@H](COC(C)=O)[C@@H](O[C@@H]2O[C@H](COC(C)=O)[C@@H](OC(C)=O)[C@H](OC(C)=O)[C@@H]2OC(C)=O)[C@H](OC(C)=O)[C@@H]1OC(C)=O. The quantitative estimate of drug-likeness (QED) is 0.0938. The topological polar surface area (TPSA) is 241 Å². The van der Waals surface area contributed by atoms with Crippen LogP contribution in [0.4, 0.5) is 0 Å². The van der Waals surface area contributed by atoms with E-state index >= 15 is 0 Å². The highest BCUT2D eigenvalue weighted by Crippen LogP contribution is 2.35. The summed E-state index contributed by atoms with van der Waals surface area (Å²) in [4.78, 5) is 99.2. The average Bonchev–Trinajstić information content (AvgIpc) is 3.09. The number of rotatable bonds is 22. The number of carbonyl (C=O) groups is 8. The molecule has 1 unspecified atom stereocenters. The van der Waals surface area contributed by atoms with Gasteiger partial charge in [0.25, 0.3) is 0 Å². The number of unbranched alkanes of at least 4 members (excludes halogenated alkanes) is 8. The smallest absolute Gasteiger partial charge is 0.303 e. The number of hydrogen-bond acceptors (Lipinski definition) is 18. The van der Waals surface area contributed by atoms with E-state index in [0.717, 1.165) is 74.1 Å². The second kappa shape index (κ2) is 25.1. The van der Waals surface area contributed by atoms with Crippen LogP contribution in [-0.4, -0.2) is 122 Å². The van der Waals surface area contributed by atoms with E-state index in [9.17, 15) is 38.4 Å². The highest BCUT2D eigenvalue weighted by Gasteiger charge is 2.57. The van der Waals surface area contributed by atoms with Gasteiger partial charge in [0.2, 0.25) is 5.91 Å². The molecule has 0 saturated carbocycles. The zero-order valence-corrected chi connectivity index (χ0v) is 34.1. The van der Waals surface area contributed by atoms with Crippen molar-refractivity contribution < 1.29 is 85.7 Å². The molecule has 2 aliphatic heterocycles. The van der Waals surface area contributed by atoms with Crippen LogP contribution < -0.4 is 5.32 Å². The zero-order valence-electron chi connectivity index (χ0n) is 34.1. The molecule has 19 heteroatoms. The molecule has 1 amide bonds. The Hall–Kier alpha value is -4.36. The lowest BCUT2D eigenvalue weighted by atomic mass is 9.95. The van der Waals surface area contributed by atoms with E-state index in [1.807, 2.05) is 0 Å². The summed E-state index contributed by atoms with van der Waals surface area (Å²) in [6.45, 7) is 8.50. The number of nitrogens with one attached hydrogen (secondary N) is 1. The standard InChI is InChI=1S/C38H59NO18/c1-9-10-11-12-13-14-15-16-17-18-30(47)39-37-35(53-26(7)45)33(51-24(5)43)32(28(55-37)19-48-21(2)40)57-38-36(54-27(8)46)34(52-25(6)44)31(50-23(4)42)29(56-38)20-49-22(3)41/h28-29,31-38H,9-20H2,1-8H3,(H,39,47)/t28-,29-,31-,32-,33+,34+,35+,36+,37?,38+/m1/s1. The van der Waals surface area contributed by atoms with E-state index in [1.54, 1.807) is 0 Å². The van der Waals surface area contributed by atoms with Crippen LogP contribution >= 0.6 is 0 Å². The molecule has 0 spiro atoms. The molecule has 2 heterocycles. The maximum Gasteiger partial charge on any atom is 0.303 e. The highest BCUT2D eigenvalue weighted by atomic mass is 16.8. The zero-order chi connectivity index (χ0) is 42.7. The number of esters is 7. The summed E-state index contributed by atoms with van der Waals surface area (Å²) in [5.74, 6) is -6.40. The lowest BCUT2D eigenvalue weighted by Gasteiger charge is -2.48. The van der Waals surface area contributed by atoms with E-state index < -0.39 is 122 Å². The summed E-state index contributed by atoms with van der Waals surface area (Å²) in [7, 11) is 0. The molecule has 0 aliphatic carbocycles. The number of hydrogen-bond donors (Lipinski definition) is 1. The number of carbonyl (C=O) groups excluding carboxylic acids is 8. The minimum Gasteiger partial charge on any atom is -0.463 e. The Morgan fingerprint density at radius 1 is 0.456 bits per heavy atom. The molecule has 2 saturated heterocycles. The first kappa shape index (κ1) is 48.8. The predicted octanol–water partition coefficient (Wildman–Crippen LogP) is 2.64. The monoisotopic (exact) mass is 817 g/mol. The minimum absolute atomic E-state index is 0.0972. The van der Waals surface area contributed by atoms with E-state index in [4.69, 9.17) is 47.4 Å². The van der Waals surface area contributed by atoms with Crippen molar-refractivity contribution in [1.29, 1.82) is 0 Å². The summed E-state index contributed by atoms with van der Waals surface area (Å²) in [6, 6.07) is 0. The molecule has 324 valence electrons. The number of amides is 1. The summed E-state index contributed by atoms with van der Waals surface area (Å²) < 4.78 is 56.6. The Morgan fingerprint density at radius 3 is 1.33 bits per heavy atom. The van der Waals surface area contributed by atoms with Crippen LogP contribution in [0.3, 0.4) is 0 Å². The molecule has 57 heavy (non-hydrogen) atoms. The second-order valence-electron chi connectivity index (χ2n) is 13.9. The fraction of sp³-hybridized carbons (Fsp3) is 0.789. The van der Waals surface area contributed by atoms with Gasteiger partial charge < -0.3 is 52.7 Å². The van der Waals surface area contributed by atoms with Gasteiger partial charge in [0.05, 0.1) is 0 Å². The fourth-order valence-electron chi connectivity index (χ4n) is 6.46. The van der Waals surface area contributed by atoms with Crippen molar-refractivity contribution >= 4 is 47.7 Å². The van der Waals surface area contributed by atoms with Gasteiger partial charge in [-0.2, -0.15) is 0 Å². The van der Waals surface area contributed by atoms with Crippen LogP contribution in [0.2, 0.25) is 0 Å². The first-order chi connectivity index (χ1) is 26.9. The summed E-state index contributed by atoms with van der Waals surface area (Å²) in [5, 5.41) is 2.69. The van der Waals surface area contributed by atoms with E-state index in [1.165, 1.54) is 25.7 Å².